The van der Waals surface area contributed by atoms with E-state index in [2.05, 4.69) is 27.4 Å². The van der Waals surface area contributed by atoms with E-state index in [0.717, 1.165) is 26.2 Å². The minimum atomic E-state index is -3.13. The molecule has 0 saturated carbocycles. The molecule has 1 fully saturated rings. The number of rotatable bonds is 7. The lowest BCUT2D eigenvalue weighted by Crippen LogP contribution is -2.45. The van der Waals surface area contributed by atoms with E-state index in [4.69, 9.17) is 0 Å². The molecule has 1 aliphatic rings. The summed E-state index contributed by atoms with van der Waals surface area (Å²) in [6, 6.07) is 0.539. The summed E-state index contributed by atoms with van der Waals surface area (Å²) in [5.41, 5.74) is 0. The standard InChI is InChI=1S/C15H32N4O2S.HI/c1-6-16-14(18-12-15(3,4)22(5,20)21)17-11-13-9-8-10-19(13)7-2;/h13H,6-12H2,1-5H3,(H2,16,17,18);1H. The first-order valence-corrected chi connectivity index (χ1v) is 10.1. The third-order valence-corrected chi connectivity index (χ3v) is 6.51. The first-order chi connectivity index (χ1) is 10.2. The van der Waals surface area contributed by atoms with E-state index in [1.807, 2.05) is 6.92 Å². The fraction of sp³-hybridized carbons (Fsp3) is 0.933. The van der Waals surface area contributed by atoms with Crippen molar-refractivity contribution in [1.82, 2.24) is 15.5 Å². The molecule has 8 heteroatoms. The van der Waals surface area contributed by atoms with Crippen LogP contribution in [-0.4, -0.2) is 69.0 Å². The van der Waals surface area contributed by atoms with Crippen molar-refractivity contribution in [2.75, 3.05) is 39.0 Å². The maximum Gasteiger partial charge on any atom is 0.191 e. The Morgan fingerprint density at radius 3 is 2.48 bits per heavy atom. The van der Waals surface area contributed by atoms with Crippen LogP contribution in [0, 0.1) is 0 Å². The Morgan fingerprint density at radius 1 is 1.30 bits per heavy atom. The SMILES string of the molecule is CCNC(=NCC(C)(C)S(C)(=O)=O)NCC1CCCN1CC.I. The molecule has 0 spiro atoms. The summed E-state index contributed by atoms with van der Waals surface area (Å²) in [5, 5.41) is 6.54. The minimum Gasteiger partial charge on any atom is -0.357 e. The van der Waals surface area contributed by atoms with Crippen molar-refractivity contribution in [3.8, 4) is 0 Å². The molecule has 1 aliphatic heterocycles. The number of nitrogens with one attached hydrogen (secondary N) is 2. The van der Waals surface area contributed by atoms with Gasteiger partial charge in [0.15, 0.2) is 15.8 Å². The summed E-state index contributed by atoms with van der Waals surface area (Å²) in [4.78, 5) is 6.93. The van der Waals surface area contributed by atoms with Crippen LogP contribution in [0.2, 0.25) is 0 Å². The Kier molecular flexibility index (Phi) is 9.99. The molecule has 0 bridgehead atoms. The van der Waals surface area contributed by atoms with Crippen molar-refractivity contribution in [3.63, 3.8) is 0 Å². The zero-order chi connectivity index (χ0) is 16.8. The molecule has 0 aromatic rings. The van der Waals surface area contributed by atoms with Gasteiger partial charge in [-0.3, -0.25) is 9.89 Å². The average molecular weight is 460 g/mol. The van der Waals surface area contributed by atoms with Crippen LogP contribution in [-0.2, 0) is 9.84 Å². The van der Waals surface area contributed by atoms with Crippen LogP contribution in [0.25, 0.3) is 0 Å². The monoisotopic (exact) mass is 460 g/mol. The van der Waals surface area contributed by atoms with E-state index >= 15 is 0 Å². The Labute approximate surface area is 158 Å². The van der Waals surface area contributed by atoms with Gasteiger partial charge in [0.05, 0.1) is 11.3 Å². The number of hydrogen-bond acceptors (Lipinski definition) is 4. The van der Waals surface area contributed by atoms with Gasteiger partial charge in [0.25, 0.3) is 0 Å². The van der Waals surface area contributed by atoms with Gasteiger partial charge in [-0.1, -0.05) is 6.92 Å². The van der Waals surface area contributed by atoms with Crippen molar-refractivity contribution in [2.24, 2.45) is 4.99 Å². The molecule has 1 heterocycles. The molecule has 1 rings (SSSR count). The summed E-state index contributed by atoms with van der Waals surface area (Å²) >= 11 is 0. The maximum absolute atomic E-state index is 11.8. The van der Waals surface area contributed by atoms with E-state index in [1.54, 1.807) is 13.8 Å². The highest BCUT2D eigenvalue weighted by atomic mass is 127. The lowest BCUT2D eigenvalue weighted by Gasteiger charge is -2.25. The molecule has 6 nitrogen and oxygen atoms in total. The first kappa shape index (κ1) is 22.9. The summed E-state index contributed by atoms with van der Waals surface area (Å²) in [7, 11) is -3.13. The highest BCUT2D eigenvalue weighted by Crippen LogP contribution is 2.16. The van der Waals surface area contributed by atoms with Crippen LogP contribution < -0.4 is 10.6 Å². The van der Waals surface area contributed by atoms with Crippen molar-refractivity contribution in [2.45, 2.75) is 51.3 Å². The van der Waals surface area contributed by atoms with Gasteiger partial charge in [-0.2, -0.15) is 0 Å². The predicted octanol–water partition coefficient (Wildman–Crippen LogP) is 1.47. The second kappa shape index (κ2) is 10.0. The highest BCUT2D eigenvalue weighted by molar-refractivity contribution is 14.0. The molecule has 0 radical (unpaired) electrons. The van der Waals surface area contributed by atoms with Gasteiger partial charge in [-0.15, -0.1) is 24.0 Å². The van der Waals surface area contributed by atoms with Crippen molar-refractivity contribution >= 4 is 39.8 Å². The first-order valence-electron chi connectivity index (χ1n) is 8.17. The van der Waals surface area contributed by atoms with Gasteiger partial charge in [-0.05, 0) is 46.7 Å². The van der Waals surface area contributed by atoms with Gasteiger partial charge in [-0.25, -0.2) is 8.42 Å². The third kappa shape index (κ3) is 7.13. The quantitative estimate of drug-likeness (QED) is 0.342. The number of guanidine groups is 1. The molecular weight excluding hydrogens is 427 g/mol. The van der Waals surface area contributed by atoms with E-state index in [0.29, 0.717) is 12.0 Å². The van der Waals surface area contributed by atoms with Crippen molar-refractivity contribution in [3.05, 3.63) is 0 Å². The molecule has 23 heavy (non-hydrogen) atoms. The number of likely N-dealkylation sites (N-methyl/N-ethyl adjacent to an activating group) is 1. The molecule has 0 amide bonds. The largest absolute Gasteiger partial charge is 0.357 e. The van der Waals surface area contributed by atoms with Crippen LogP contribution in [0.4, 0.5) is 0 Å². The van der Waals surface area contributed by atoms with Gasteiger partial charge in [0, 0.05) is 25.4 Å². The topological polar surface area (TPSA) is 73.8 Å². The number of likely N-dealkylation sites (tertiary alicyclic amines) is 1. The van der Waals surface area contributed by atoms with Gasteiger partial charge in [0.2, 0.25) is 0 Å². The molecule has 1 saturated heterocycles. The summed E-state index contributed by atoms with van der Waals surface area (Å²) in [6.45, 7) is 11.7. The zero-order valence-corrected chi connectivity index (χ0v) is 18.2. The Bertz CT molecular complexity index is 480. The highest BCUT2D eigenvalue weighted by Gasteiger charge is 2.30. The molecule has 2 N–H and O–H groups in total. The Hall–Kier alpha value is -0.0900. The molecule has 0 aromatic heterocycles. The van der Waals surface area contributed by atoms with Gasteiger partial charge < -0.3 is 10.6 Å². The van der Waals surface area contributed by atoms with Gasteiger partial charge in [0.1, 0.15) is 0 Å². The van der Waals surface area contributed by atoms with Crippen LogP contribution >= 0.6 is 24.0 Å². The smallest absolute Gasteiger partial charge is 0.191 e. The molecule has 0 aliphatic carbocycles. The fourth-order valence-corrected chi connectivity index (χ4v) is 2.78. The number of hydrogen-bond donors (Lipinski definition) is 2. The second-order valence-electron chi connectivity index (χ2n) is 6.53. The van der Waals surface area contributed by atoms with E-state index in [1.165, 1.54) is 19.1 Å². The summed E-state index contributed by atoms with van der Waals surface area (Å²) < 4.78 is 22.7. The average Bonchev–Trinajstić information content (AvgIpc) is 2.88. The maximum atomic E-state index is 11.8. The number of aliphatic imine (C=N–C) groups is 1. The third-order valence-electron chi connectivity index (χ3n) is 4.38. The summed E-state index contributed by atoms with van der Waals surface area (Å²) in [5.74, 6) is 0.696. The van der Waals surface area contributed by atoms with Gasteiger partial charge >= 0.3 is 0 Å². The normalized spacial score (nSPS) is 20.2. The lowest BCUT2D eigenvalue weighted by molar-refractivity contribution is 0.267. The van der Waals surface area contributed by atoms with Crippen LogP contribution in [0.3, 0.4) is 0 Å². The van der Waals surface area contributed by atoms with E-state index in [-0.39, 0.29) is 30.5 Å². The fourth-order valence-electron chi connectivity index (χ4n) is 2.49. The number of halogens is 1. The molecule has 138 valence electrons. The Morgan fingerprint density at radius 2 is 1.96 bits per heavy atom. The van der Waals surface area contributed by atoms with E-state index < -0.39 is 14.6 Å². The van der Waals surface area contributed by atoms with Crippen LogP contribution in [0.15, 0.2) is 4.99 Å². The van der Waals surface area contributed by atoms with Crippen LogP contribution in [0.1, 0.15) is 40.5 Å². The Balaban J connectivity index is 0.00000484. The minimum absolute atomic E-state index is 0. The second-order valence-corrected chi connectivity index (χ2v) is 9.18. The molecular formula is C15H33IN4O2S. The zero-order valence-electron chi connectivity index (χ0n) is 15.1. The lowest BCUT2D eigenvalue weighted by atomic mass is 10.2. The number of nitrogens with zero attached hydrogens (tertiary/aromatic N) is 2. The van der Waals surface area contributed by atoms with Crippen molar-refractivity contribution < 1.29 is 8.42 Å². The van der Waals surface area contributed by atoms with Crippen LogP contribution in [0.5, 0.6) is 0 Å². The van der Waals surface area contributed by atoms with Crippen molar-refractivity contribution in [1.29, 1.82) is 0 Å². The predicted molar refractivity (Wildman–Crippen MR) is 109 cm³/mol. The molecule has 1 atom stereocenters. The molecule has 0 aromatic carbocycles. The van der Waals surface area contributed by atoms with E-state index in [9.17, 15) is 8.42 Å². The molecule has 1 unspecified atom stereocenters. The number of sulfone groups is 1. The summed E-state index contributed by atoms with van der Waals surface area (Å²) in [6.07, 6.45) is 3.71.